The topological polar surface area (TPSA) is 108 Å². The Balaban J connectivity index is 1.75. The highest BCUT2D eigenvalue weighted by Crippen LogP contribution is 2.49. The van der Waals surface area contributed by atoms with Crippen LogP contribution in [0, 0.1) is 0 Å². The standard InChI is InChI=1S/C17H21N2O7P/c1-23-9-17-10-25-13(14(17)18-27(21,22)24-2)16(26-17)19-8-7-11-5-3-4-6-12(11)15(19)20/h3-8,13-14,16H,9-10H2,1-2H3,(H2,18,21,22)/t13-,14-,16+,17-/m0/s1. The predicted octanol–water partition coefficient (Wildman–Crippen LogP) is 1.02. The molecule has 0 amide bonds. The molecule has 1 aromatic heterocycles. The molecule has 10 heteroatoms. The van der Waals surface area contributed by atoms with Gasteiger partial charge < -0.3 is 23.6 Å². The summed E-state index contributed by atoms with van der Waals surface area (Å²) >= 11 is 0. The van der Waals surface area contributed by atoms with Crippen LogP contribution in [0.5, 0.6) is 0 Å². The van der Waals surface area contributed by atoms with Crippen LogP contribution in [0.25, 0.3) is 10.8 Å². The second-order valence-corrected chi connectivity index (χ2v) is 8.37. The van der Waals surface area contributed by atoms with Crippen LogP contribution in [0.1, 0.15) is 6.23 Å². The smallest absolute Gasteiger partial charge is 0.382 e. The lowest BCUT2D eigenvalue weighted by atomic mass is 9.98. The van der Waals surface area contributed by atoms with E-state index in [1.165, 1.54) is 11.7 Å². The highest BCUT2D eigenvalue weighted by molar-refractivity contribution is 7.50. The van der Waals surface area contributed by atoms with Crippen molar-refractivity contribution in [3.05, 3.63) is 46.9 Å². The SMILES string of the molecule is COC[C@@]12CO[C@H]([C@H](n3ccc4ccccc4c3=O)O1)[C@@H]2NP(=O)(O)OC. The first-order chi connectivity index (χ1) is 12.9. The van der Waals surface area contributed by atoms with Gasteiger partial charge in [0, 0.05) is 25.8 Å². The summed E-state index contributed by atoms with van der Waals surface area (Å²) < 4.78 is 35.5. The first-order valence-corrected chi connectivity index (χ1v) is 10.0. The normalized spacial score (nSPS) is 32.0. The number of nitrogens with one attached hydrogen (secondary N) is 1. The summed E-state index contributed by atoms with van der Waals surface area (Å²) in [7, 11) is -1.40. The summed E-state index contributed by atoms with van der Waals surface area (Å²) in [6.45, 7) is 0.301. The quantitative estimate of drug-likeness (QED) is 0.697. The molecule has 2 aliphatic heterocycles. The van der Waals surface area contributed by atoms with Gasteiger partial charge >= 0.3 is 7.75 Å². The molecule has 2 saturated heterocycles. The molecule has 4 rings (SSSR count). The van der Waals surface area contributed by atoms with Crippen LogP contribution >= 0.6 is 7.75 Å². The zero-order valence-corrected chi connectivity index (χ0v) is 15.8. The molecule has 2 aromatic rings. The summed E-state index contributed by atoms with van der Waals surface area (Å²) in [6.07, 6.45) is 0.223. The van der Waals surface area contributed by atoms with Crippen molar-refractivity contribution in [2.75, 3.05) is 27.4 Å². The predicted molar refractivity (Wildman–Crippen MR) is 96.4 cm³/mol. The monoisotopic (exact) mass is 396 g/mol. The average Bonchev–Trinajstić information content (AvgIpc) is 3.13. The summed E-state index contributed by atoms with van der Waals surface area (Å²) in [4.78, 5) is 22.8. The summed E-state index contributed by atoms with van der Waals surface area (Å²) in [6, 6.07) is 8.40. The van der Waals surface area contributed by atoms with Crippen molar-refractivity contribution < 1.29 is 28.2 Å². The third-order valence-corrected chi connectivity index (χ3v) is 6.20. The van der Waals surface area contributed by atoms with E-state index in [4.69, 9.17) is 14.2 Å². The Hall–Kier alpha value is -1.58. The molecule has 2 fully saturated rings. The summed E-state index contributed by atoms with van der Waals surface area (Å²) in [5.41, 5.74) is -1.23. The number of rotatable bonds is 6. The Kier molecular flexibility index (Phi) is 4.72. The third kappa shape index (κ3) is 3.05. The van der Waals surface area contributed by atoms with Crippen molar-refractivity contribution in [1.82, 2.24) is 9.65 Å². The zero-order chi connectivity index (χ0) is 19.2. The number of ether oxygens (including phenoxy) is 3. The second-order valence-electron chi connectivity index (χ2n) is 6.71. The molecule has 146 valence electrons. The van der Waals surface area contributed by atoms with Crippen molar-refractivity contribution in [3.8, 4) is 0 Å². The van der Waals surface area contributed by atoms with Crippen LogP contribution in [0.2, 0.25) is 0 Å². The number of hydrogen-bond acceptors (Lipinski definition) is 6. The molecule has 2 aliphatic rings. The molecular weight excluding hydrogens is 375 g/mol. The van der Waals surface area contributed by atoms with Crippen molar-refractivity contribution in [3.63, 3.8) is 0 Å². The highest BCUT2D eigenvalue weighted by Gasteiger charge is 2.63. The maximum Gasteiger partial charge on any atom is 0.403 e. The van der Waals surface area contributed by atoms with E-state index in [2.05, 4.69) is 9.61 Å². The Bertz CT molecular complexity index is 964. The maximum absolute atomic E-state index is 12.9. The first kappa shape index (κ1) is 18.8. The Morgan fingerprint density at radius 2 is 2.15 bits per heavy atom. The molecule has 0 spiro atoms. The lowest BCUT2D eigenvalue weighted by Gasteiger charge is -2.31. The van der Waals surface area contributed by atoms with Crippen LogP contribution in [0.15, 0.2) is 41.3 Å². The highest BCUT2D eigenvalue weighted by atomic mass is 31.2. The van der Waals surface area contributed by atoms with E-state index in [0.29, 0.717) is 5.39 Å². The van der Waals surface area contributed by atoms with Gasteiger partial charge in [-0.15, -0.1) is 0 Å². The lowest BCUT2D eigenvalue weighted by molar-refractivity contribution is -0.188. The molecule has 1 aromatic carbocycles. The number of hydrogen-bond donors (Lipinski definition) is 2. The minimum Gasteiger partial charge on any atom is -0.382 e. The van der Waals surface area contributed by atoms with Gasteiger partial charge in [-0.3, -0.25) is 9.36 Å². The fraction of sp³-hybridized carbons (Fsp3) is 0.471. The summed E-state index contributed by atoms with van der Waals surface area (Å²) in [5, 5.41) is 3.97. The Morgan fingerprint density at radius 1 is 1.37 bits per heavy atom. The third-order valence-electron chi connectivity index (χ3n) is 5.10. The maximum atomic E-state index is 12.9. The van der Waals surface area contributed by atoms with Gasteiger partial charge in [-0.25, -0.2) is 9.65 Å². The number of aromatic nitrogens is 1. The van der Waals surface area contributed by atoms with E-state index in [0.717, 1.165) is 12.5 Å². The van der Waals surface area contributed by atoms with Gasteiger partial charge in [0.15, 0.2) is 6.23 Å². The molecular formula is C17H21N2O7P. The molecule has 5 atom stereocenters. The van der Waals surface area contributed by atoms with Crippen molar-refractivity contribution >= 4 is 18.5 Å². The first-order valence-electron chi connectivity index (χ1n) is 8.45. The molecule has 2 N–H and O–H groups in total. The number of methoxy groups -OCH3 is 1. The molecule has 0 saturated carbocycles. The van der Waals surface area contributed by atoms with Crippen LogP contribution in [-0.4, -0.2) is 54.6 Å². The van der Waals surface area contributed by atoms with Crippen LogP contribution in [0.4, 0.5) is 0 Å². The second kappa shape index (κ2) is 6.79. The van der Waals surface area contributed by atoms with Crippen molar-refractivity contribution in [2.45, 2.75) is 24.0 Å². The molecule has 1 unspecified atom stereocenters. The van der Waals surface area contributed by atoms with Crippen LogP contribution < -0.4 is 10.6 Å². The van der Waals surface area contributed by atoms with E-state index >= 15 is 0 Å². The Morgan fingerprint density at radius 3 is 2.89 bits per heavy atom. The van der Waals surface area contributed by atoms with Gasteiger partial charge in [0.05, 0.1) is 19.3 Å². The van der Waals surface area contributed by atoms with E-state index in [9.17, 15) is 14.3 Å². The lowest BCUT2D eigenvalue weighted by Crippen LogP contribution is -2.50. The van der Waals surface area contributed by atoms with Gasteiger partial charge in [0.25, 0.3) is 5.56 Å². The number of nitrogens with zero attached hydrogens (tertiary/aromatic N) is 1. The average molecular weight is 396 g/mol. The van der Waals surface area contributed by atoms with Crippen LogP contribution in [0.3, 0.4) is 0 Å². The number of pyridine rings is 1. The van der Waals surface area contributed by atoms with Gasteiger partial charge in [-0.2, -0.15) is 0 Å². The van der Waals surface area contributed by atoms with Gasteiger partial charge in [-0.05, 0) is 17.5 Å². The van der Waals surface area contributed by atoms with Gasteiger partial charge in [0.1, 0.15) is 11.7 Å². The summed E-state index contributed by atoms with van der Waals surface area (Å²) in [5.74, 6) is 0. The van der Waals surface area contributed by atoms with Crippen molar-refractivity contribution in [1.29, 1.82) is 0 Å². The van der Waals surface area contributed by atoms with Gasteiger partial charge in [0.2, 0.25) is 0 Å². The van der Waals surface area contributed by atoms with E-state index < -0.39 is 31.7 Å². The fourth-order valence-corrected chi connectivity index (χ4v) is 4.67. The van der Waals surface area contributed by atoms with Gasteiger partial charge in [-0.1, -0.05) is 18.2 Å². The fourth-order valence-electron chi connectivity index (χ4n) is 3.83. The molecule has 0 aliphatic carbocycles. The minimum absolute atomic E-state index is 0.129. The molecule has 27 heavy (non-hydrogen) atoms. The minimum atomic E-state index is -4.05. The Labute approximate surface area is 155 Å². The van der Waals surface area contributed by atoms with Crippen LogP contribution in [-0.2, 0) is 23.3 Å². The number of fused-ring (bicyclic) bond motifs is 3. The largest absolute Gasteiger partial charge is 0.403 e. The van der Waals surface area contributed by atoms with E-state index in [1.807, 2.05) is 18.2 Å². The van der Waals surface area contributed by atoms with E-state index in [1.54, 1.807) is 18.3 Å². The van der Waals surface area contributed by atoms with Crippen molar-refractivity contribution in [2.24, 2.45) is 0 Å². The molecule has 0 radical (unpaired) electrons. The number of benzene rings is 1. The molecule has 3 heterocycles. The zero-order valence-electron chi connectivity index (χ0n) is 14.9. The molecule has 9 nitrogen and oxygen atoms in total. The van der Waals surface area contributed by atoms with E-state index in [-0.39, 0.29) is 18.8 Å². The molecule has 2 bridgehead atoms.